The number of hydrogen-bond acceptors (Lipinski definition) is 3. The molecule has 1 amide bonds. The van der Waals surface area contributed by atoms with Crippen LogP contribution in [0, 0.1) is 17.7 Å². The standard InChI is InChI=1S/C19H21BrClFN4O/c1-26-9-14(18(27)24-13-2-3-16(22)15(21)6-13)17(25-26)10-4-11-7-19(20,23)8-12(11)5-10/h2-3,6,9-12H,4-5,7-8,23H2,1H3,(H,24,27). The van der Waals surface area contributed by atoms with Gasteiger partial charge in [0.25, 0.3) is 5.91 Å². The number of halogens is 3. The Balaban J connectivity index is 1.53. The van der Waals surface area contributed by atoms with E-state index in [0.717, 1.165) is 31.4 Å². The van der Waals surface area contributed by atoms with Crippen molar-refractivity contribution >= 4 is 39.1 Å². The van der Waals surface area contributed by atoms with E-state index >= 15 is 0 Å². The summed E-state index contributed by atoms with van der Waals surface area (Å²) in [4.78, 5) is 12.8. The molecule has 0 aliphatic heterocycles. The zero-order valence-corrected chi connectivity index (χ0v) is 17.2. The van der Waals surface area contributed by atoms with E-state index in [1.165, 1.54) is 18.2 Å². The third kappa shape index (κ3) is 3.77. The fourth-order valence-electron chi connectivity index (χ4n) is 4.64. The quantitative estimate of drug-likeness (QED) is 0.531. The molecule has 0 saturated heterocycles. The maximum absolute atomic E-state index is 13.3. The number of carbonyl (C=O) groups excluding carboxylic acids is 1. The van der Waals surface area contributed by atoms with Gasteiger partial charge < -0.3 is 11.1 Å². The van der Waals surface area contributed by atoms with E-state index in [4.69, 9.17) is 17.3 Å². The molecule has 5 nitrogen and oxygen atoms in total. The van der Waals surface area contributed by atoms with Gasteiger partial charge in [0.2, 0.25) is 0 Å². The van der Waals surface area contributed by atoms with Crippen molar-refractivity contribution in [2.24, 2.45) is 24.6 Å². The molecule has 2 aliphatic carbocycles. The minimum Gasteiger partial charge on any atom is -0.322 e. The van der Waals surface area contributed by atoms with Crippen LogP contribution in [0.25, 0.3) is 0 Å². The van der Waals surface area contributed by atoms with Gasteiger partial charge in [0.1, 0.15) is 5.82 Å². The zero-order valence-electron chi connectivity index (χ0n) is 14.9. The molecule has 27 heavy (non-hydrogen) atoms. The molecule has 2 atom stereocenters. The number of benzene rings is 1. The van der Waals surface area contributed by atoms with Gasteiger partial charge in [-0.15, -0.1) is 0 Å². The Labute approximate surface area is 170 Å². The third-order valence-corrected chi connectivity index (χ3v) is 6.65. The summed E-state index contributed by atoms with van der Waals surface area (Å²) < 4.78 is 14.8. The van der Waals surface area contributed by atoms with Crippen molar-refractivity contribution in [1.29, 1.82) is 0 Å². The van der Waals surface area contributed by atoms with Gasteiger partial charge in [0.05, 0.1) is 20.7 Å². The van der Waals surface area contributed by atoms with Crippen LogP contribution in [0.5, 0.6) is 0 Å². The predicted octanol–water partition coefficient (Wildman–Crippen LogP) is 4.42. The Morgan fingerprint density at radius 2 is 2.07 bits per heavy atom. The molecule has 144 valence electrons. The maximum atomic E-state index is 13.3. The van der Waals surface area contributed by atoms with Gasteiger partial charge in [-0.2, -0.15) is 5.10 Å². The van der Waals surface area contributed by atoms with Gasteiger partial charge in [-0.25, -0.2) is 4.39 Å². The van der Waals surface area contributed by atoms with Crippen molar-refractivity contribution in [3.8, 4) is 0 Å². The topological polar surface area (TPSA) is 72.9 Å². The lowest BCUT2D eigenvalue weighted by atomic mass is 9.96. The van der Waals surface area contributed by atoms with Crippen molar-refractivity contribution in [3.05, 3.63) is 46.5 Å². The van der Waals surface area contributed by atoms with Gasteiger partial charge in [-0.05, 0) is 55.7 Å². The van der Waals surface area contributed by atoms with Crippen molar-refractivity contribution in [2.75, 3.05) is 5.32 Å². The summed E-state index contributed by atoms with van der Waals surface area (Å²) in [5.74, 6) is 0.604. The summed E-state index contributed by atoms with van der Waals surface area (Å²) in [5, 5.41) is 7.35. The molecule has 0 bridgehead atoms. The largest absolute Gasteiger partial charge is 0.322 e. The van der Waals surface area contributed by atoms with E-state index in [1.807, 2.05) is 7.05 Å². The minimum atomic E-state index is -0.517. The molecule has 1 heterocycles. The SMILES string of the molecule is Cn1cc(C(=O)Nc2ccc(F)c(Cl)c2)c(C2CC3CC(N)(Br)CC3C2)n1. The molecule has 2 unspecified atom stereocenters. The molecule has 3 N–H and O–H groups in total. The van der Waals surface area contributed by atoms with Crippen molar-refractivity contribution < 1.29 is 9.18 Å². The van der Waals surface area contributed by atoms with E-state index in [-0.39, 0.29) is 21.3 Å². The second-order valence-electron chi connectivity index (χ2n) is 7.82. The van der Waals surface area contributed by atoms with Crippen LogP contribution in [0.2, 0.25) is 5.02 Å². The number of alkyl halides is 1. The van der Waals surface area contributed by atoms with E-state index in [1.54, 1.807) is 10.9 Å². The smallest absolute Gasteiger partial charge is 0.259 e. The molecule has 8 heteroatoms. The molecule has 2 aromatic rings. The number of aromatic nitrogens is 2. The Morgan fingerprint density at radius 1 is 1.41 bits per heavy atom. The number of nitrogens with one attached hydrogen (secondary N) is 1. The number of nitrogens with two attached hydrogens (primary N) is 1. The maximum Gasteiger partial charge on any atom is 0.259 e. The van der Waals surface area contributed by atoms with Crippen LogP contribution in [-0.4, -0.2) is 20.1 Å². The van der Waals surface area contributed by atoms with Crippen molar-refractivity contribution in [3.63, 3.8) is 0 Å². The molecule has 2 saturated carbocycles. The van der Waals surface area contributed by atoms with Gasteiger partial charge in [-0.3, -0.25) is 9.48 Å². The van der Waals surface area contributed by atoms with Gasteiger partial charge in [0, 0.05) is 24.8 Å². The normalized spacial score (nSPS) is 29.7. The number of anilines is 1. The zero-order chi connectivity index (χ0) is 19.3. The Hall–Kier alpha value is -1.44. The Bertz CT molecular complexity index is 884. The number of nitrogens with zero attached hydrogens (tertiary/aromatic N) is 2. The summed E-state index contributed by atoms with van der Waals surface area (Å²) >= 11 is 9.42. The number of rotatable bonds is 3. The first-order chi connectivity index (χ1) is 12.7. The molecule has 0 radical (unpaired) electrons. The fraction of sp³-hybridized carbons (Fsp3) is 0.474. The molecule has 2 fully saturated rings. The highest BCUT2D eigenvalue weighted by Crippen LogP contribution is 2.54. The fourth-order valence-corrected chi connectivity index (χ4v) is 5.66. The average molecular weight is 456 g/mol. The lowest BCUT2D eigenvalue weighted by Gasteiger charge is -2.18. The Kier molecular flexibility index (Phi) is 4.81. The highest BCUT2D eigenvalue weighted by molar-refractivity contribution is 9.10. The van der Waals surface area contributed by atoms with Crippen LogP contribution < -0.4 is 11.1 Å². The summed E-state index contributed by atoms with van der Waals surface area (Å²) in [7, 11) is 1.81. The number of aryl methyl sites for hydroxylation is 1. The lowest BCUT2D eigenvalue weighted by Crippen LogP contribution is -2.29. The van der Waals surface area contributed by atoms with Crippen LogP contribution in [0.1, 0.15) is 47.7 Å². The second kappa shape index (κ2) is 6.87. The van der Waals surface area contributed by atoms with Crippen LogP contribution in [0.4, 0.5) is 10.1 Å². The highest BCUT2D eigenvalue weighted by Gasteiger charge is 2.47. The monoisotopic (exact) mass is 454 g/mol. The number of carbonyl (C=O) groups is 1. The molecule has 1 aromatic carbocycles. The number of fused-ring (bicyclic) bond motifs is 1. The molecular weight excluding hydrogens is 435 g/mol. The van der Waals surface area contributed by atoms with Crippen molar-refractivity contribution in [2.45, 2.75) is 36.0 Å². The first kappa shape index (κ1) is 18.9. The van der Waals surface area contributed by atoms with Crippen LogP contribution >= 0.6 is 27.5 Å². The average Bonchev–Trinajstić information content (AvgIpc) is 3.21. The molecule has 0 spiro atoms. The Morgan fingerprint density at radius 3 is 2.70 bits per heavy atom. The summed E-state index contributed by atoms with van der Waals surface area (Å²) in [6.07, 6.45) is 5.64. The van der Waals surface area contributed by atoms with E-state index in [0.29, 0.717) is 23.1 Å². The molecule has 2 aliphatic rings. The third-order valence-electron chi connectivity index (χ3n) is 5.71. The van der Waals surface area contributed by atoms with Gasteiger partial charge in [0.15, 0.2) is 0 Å². The summed E-state index contributed by atoms with van der Waals surface area (Å²) in [6.45, 7) is 0. The second-order valence-corrected chi connectivity index (χ2v) is 9.80. The van der Waals surface area contributed by atoms with E-state index in [9.17, 15) is 9.18 Å². The van der Waals surface area contributed by atoms with E-state index < -0.39 is 5.82 Å². The van der Waals surface area contributed by atoms with Gasteiger partial charge >= 0.3 is 0 Å². The number of amides is 1. The molecular formula is C19H21BrClFN4O. The van der Waals surface area contributed by atoms with Crippen LogP contribution in [0.15, 0.2) is 24.4 Å². The molecule has 1 aromatic heterocycles. The predicted molar refractivity (Wildman–Crippen MR) is 107 cm³/mol. The van der Waals surface area contributed by atoms with Gasteiger partial charge in [-0.1, -0.05) is 27.5 Å². The number of hydrogen-bond donors (Lipinski definition) is 2. The summed E-state index contributed by atoms with van der Waals surface area (Å²) in [5.41, 5.74) is 8.08. The lowest BCUT2D eigenvalue weighted by molar-refractivity contribution is 0.102. The van der Waals surface area contributed by atoms with Crippen LogP contribution in [-0.2, 0) is 7.05 Å². The van der Waals surface area contributed by atoms with Crippen LogP contribution in [0.3, 0.4) is 0 Å². The van der Waals surface area contributed by atoms with E-state index in [2.05, 4.69) is 26.3 Å². The highest BCUT2D eigenvalue weighted by atomic mass is 79.9. The minimum absolute atomic E-state index is 0.0251. The van der Waals surface area contributed by atoms with Crippen molar-refractivity contribution in [1.82, 2.24) is 9.78 Å². The summed E-state index contributed by atoms with van der Waals surface area (Å²) in [6, 6.07) is 4.13. The molecule has 4 rings (SSSR count). The first-order valence-electron chi connectivity index (χ1n) is 8.99. The first-order valence-corrected chi connectivity index (χ1v) is 10.2.